The number of nitrogens with zero attached hydrogens (tertiary/aromatic N) is 2. The Morgan fingerprint density at radius 3 is 2.08 bits per heavy atom. The standard InChI is InChI=1S/C30H36FN3O4S/c1-6-23(4)32-30(36)24(5)33(19-25-12-14-26(31)15-13-25)29(35)20-34(27-17-21(2)16-22(3)18-27)39(37,38)28-10-8-7-9-11-28/h7-18,23-24H,6,19-20H2,1-5H3,(H,32,36)/t23-,24+/m1/s1. The van der Waals surface area contributed by atoms with Gasteiger partial charge in [0, 0.05) is 12.6 Å². The van der Waals surface area contributed by atoms with Crippen LogP contribution in [0.2, 0.25) is 0 Å². The van der Waals surface area contributed by atoms with Gasteiger partial charge < -0.3 is 10.2 Å². The molecule has 0 saturated heterocycles. The van der Waals surface area contributed by atoms with E-state index in [1.165, 1.54) is 41.3 Å². The van der Waals surface area contributed by atoms with Gasteiger partial charge in [-0.15, -0.1) is 0 Å². The number of rotatable bonds is 11. The molecule has 0 saturated carbocycles. The second-order valence-corrected chi connectivity index (χ2v) is 11.7. The number of carbonyl (C=O) groups excluding carboxylic acids is 2. The molecule has 7 nitrogen and oxygen atoms in total. The van der Waals surface area contributed by atoms with Crippen molar-refractivity contribution in [1.29, 1.82) is 0 Å². The summed E-state index contributed by atoms with van der Waals surface area (Å²) in [5.74, 6) is -1.34. The zero-order valence-corrected chi connectivity index (χ0v) is 23.8. The Bertz CT molecular complexity index is 1380. The van der Waals surface area contributed by atoms with Gasteiger partial charge >= 0.3 is 0 Å². The maximum Gasteiger partial charge on any atom is 0.264 e. The molecule has 2 amide bonds. The molecule has 208 valence electrons. The van der Waals surface area contributed by atoms with Crippen LogP contribution in [0.4, 0.5) is 10.1 Å². The smallest absolute Gasteiger partial charge is 0.264 e. The number of sulfonamides is 1. The van der Waals surface area contributed by atoms with E-state index in [4.69, 9.17) is 0 Å². The summed E-state index contributed by atoms with van der Waals surface area (Å²) in [5.41, 5.74) is 2.64. The summed E-state index contributed by atoms with van der Waals surface area (Å²) >= 11 is 0. The maximum atomic E-state index is 13.9. The minimum absolute atomic E-state index is 0.000274. The number of halogens is 1. The second-order valence-electron chi connectivity index (χ2n) is 9.81. The van der Waals surface area contributed by atoms with Crippen LogP contribution < -0.4 is 9.62 Å². The fourth-order valence-corrected chi connectivity index (χ4v) is 5.60. The number of hydrogen-bond acceptors (Lipinski definition) is 4. The molecule has 0 bridgehead atoms. The van der Waals surface area contributed by atoms with Crippen molar-refractivity contribution in [2.45, 2.75) is 64.6 Å². The van der Waals surface area contributed by atoms with Gasteiger partial charge in [-0.05, 0) is 87.2 Å². The Kier molecular flexibility index (Phi) is 9.86. The van der Waals surface area contributed by atoms with E-state index in [0.29, 0.717) is 17.7 Å². The fourth-order valence-electron chi connectivity index (χ4n) is 4.18. The highest BCUT2D eigenvalue weighted by Gasteiger charge is 2.33. The van der Waals surface area contributed by atoms with Gasteiger partial charge in [-0.2, -0.15) is 0 Å². The highest BCUT2D eigenvalue weighted by atomic mass is 32.2. The third-order valence-corrected chi connectivity index (χ3v) is 8.33. The van der Waals surface area contributed by atoms with E-state index in [1.807, 2.05) is 33.8 Å². The molecule has 0 aliphatic carbocycles. The molecule has 0 aliphatic heterocycles. The number of anilines is 1. The predicted molar refractivity (Wildman–Crippen MR) is 151 cm³/mol. The van der Waals surface area contributed by atoms with E-state index in [9.17, 15) is 22.4 Å². The number of nitrogens with one attached hydrogen (secondary N) is 1. The van der Waals surface area contributed by atoms with Gasteiger partial charge in [0.2, 0.25) is 11.8 Å². The summed E-state index contributed by atoms with van der Waals surface area (Å²) in [6, 6.07) is 17.9. The highest BCUT2D eigenvalue weighted by Crippen LogP contribution is 2.26. The lowest BCUT2D eigenvalue weighted by Gasteiger charge is -2.32. The molecule has 9 heteroatoms. The lowest BCUT2D eigenvalue weighted by atomic mass is 10.1. The van der Waals surface area contributed by atoms with Crippen molar-refractivity contribution in [2.75, 3.05) is 10.8 Å². The van der Waals surface area contributed by atoms with Gasteiger partial charge in [-0.1, -0.05) is 43.3 Å². The highest BCUT2D eigenvalue weighted by molar-refractivity contribution is 7.92. The summed E-state index contributed by atoms with van der Waals surface area (Å²) in [6.07, 6.45) is 0.709. The van der Waals surface area contributed by atoms with Crippen molar-refractivity contribution in [3.05, 3.63) is 95.3 Å². The SMILES string of the molecule is CC[C@@H](C)NC(=O)[C@H](C)N(Cc1ccc(F)cc1)C(=O)CN(c1cc(C)cc(C)c1)S(=O)(=O)c1ccccc1. The first kappa shape index (κ1) is 29.8. The Hall–Kier alpha value is -3.72. The molecule has 3 aromatic carbocycles. The maximum absolute atomic E-state index is 13.9. The van der Waals surface area contributed by atoms with Gasteiger partial charge in [-0.25, -0.2) is 12.8 Å². The van der Waals surface area contributed by atoms with Crippen LogP contribution in [0.5, 0.6) is 0 Å². The minimum atomic E-state index is -4.13. The lowest BCUT2D eigenvalue weighted by Crippen LogP contribution is -2.52. The van der Waals surface area contributed by atoms with Crippen molar-refractivity contribution in [2.24, 2.45) is 0 Å². The molecular weight excluding hydrogens is 517 g/mol. The van der Waals surface area contributed by atoms with E-state index in [0.717, 1.165) is 15.4 Å². The molecule has 2 atom stereocenters. The number of carbonyl (C=O) groups is 2. The molecule has 3 aromatic rings. The monoisotopic (exact) mass is 553 g/mol. The summed E-state index contributed by atoms with van der Waals surface area (Å²) in [7, 11) is -4.13. The van der Waals surface area contributed by atoms with Crippen molar-refractivity contribution >= 4 is 27.5 Å². The largest absolute Gasteiger partial charge is 0.352 e. The van der Waals surface area contributed by atoms with Gasteiger partial charge in [-0.3, -0.25) is 13.9 Å². The van der Waals surface area contributed by atoms with Gasteiger partial charge in [0.15, 0.2) is 0 Å². The van der Waals surface area contributed by atoms with Crippen LogP contribution in [0, 0.1) is 19.7 Å². The molecule has 0 heterocycles. The van der Waals surface area contributed by atoms with Crippen molar-refractivity contribution in [3.63, 3.8) is 0 Å². The molecule has 0 radical (unpaired) electrons. The zero-order chi connectivity index (χ0) is 28.7. The number of amides is 2. The molecule has 3 rings (SSSR count). The molecule has 0 unspecified atom stereocenters. The second kappa shape index (κ2) is 12.9. The number of benzene rings is 3. The van der Waals surface area contributed by atoms with Crippen LogP contribution >= 0.6 is 0 Å². The van der Waals surface area contributed by atoms with Crippen molar-refractivity contribution < 1.29 is 22.4 Å². The van der Waals surface area contributed by atoms with Crippen LogP contribution in [-0.2, 0) is 26.2 Å². The number of aryl methyl sites for hydroxylation is 2. The van der Waals surface area contributed by atoms with E-state index in [2.05, 4.69) is 5.32 Å². The van der Waals surface area contributed by atoms with E-state index in [1.54, 1.807) is 37.3 Å². The van der Waals surface area contributed by atoms with Crippen LogP contribution in [0.3, 0.4) is 0 Å². The first-order chi connectivity index (χ1) is 18.4. The number of hydrogen-bond donors (Lipinski definition) is 1. The summed E-state index contributed by atoms with van der Waals surface area (Å²) < 4.78 is 42.3. The first-order valence-corrected chi connectivity index (χ1v) is 14.4. The fraction of sp³-hybridized carbons (Fsp3) is 0.333. The lowest BCUT2D eigenvalue weighted by molar-refractivity contribution is -0.139. The predicted octanol–water partition coefficient (Wildman–Crippen LogP) is 4.97. The van der Waals surface area contributed by atoms with Crippen molar-refractivity contribution in [3.8, 4) is 0 Å². The molecule has 0 fully saturated rings. The first-order valence-electron chi connectivity index (χ1n) is 12.9. The van der Waals surface area contributed by atoms with E-state index >= 15 is 0 Å². The zero-order valence-electron chi connectivity index (χ0n) is 23.0. The summed E-state index contributed by atoms with van der Waals surface area (Å²) in [6.45, 7) is 8.59. The average Bonchev–Trinajstić information content (AvgIpc) is 2.90. The summed E-state index contributed by atoms with van der Waals surface area (Å²) in [4.78, 5) is 28.4. The summed E-state index contributed by atoms with van der Waals surface area (Å²) in [5, 5.41) is 2.89. The Morgan fingerprint density at radius 1 is 0.923 bits per heavy atom. The van der Waals surface area contributed by atoms with Gasteiger partial charge in [0.05, 0.1) is 10.6 Å². The van der Waals surface area contributed by atoms with E-state index < -0.39 is 34.3 Å². The molecule has 0 spiro atoms. The molecule has 0 aromatic heterocycles. The van der Waals surface area contributed by atoms with Gasteiger partial charge in [0.1, 0.15) is 18.4 Å². The normalized spacial score (nSPS) is 12.9. The van der Waals surface area contributed by atoms with Crippen LogP contribution in [0.1, 0.15) is 43.9 Å². The topological polar surface area (TPSA) is 86.8 Å². The van der Waals surface area contributed by atoms with Crippen molar-refractivity contribution in [1.82, 2.24) is 10.2 Å². The Morgan fingerprint density at radius 2 is 1.51 bits per heavy atom. The molecule has 39 heavy (non-hydrogen) atoms. The van der Waals surface area contributed by atoms with E-state index in [-0.39, 0.29) is 23.4 Å². The quantitative estimate of drug-likeness (QED) is 0.363. The third kappa shape index (κ3) is 7.66. The van der Waals surface area contributed by atoms with Crippen LogP contribution in [0.25, 0.3) is 0 Å². The van der Waals surface area contributed by atoms with Crippen LogP contribution in [0.15, 0.2) is 77.7 Å². The van der Waals surface area contributed by atoms with Crippen LogP contribution in [-0.4, -0.2) is 43.8 Å². The minimum Gasteiger partial charge on any atom is -0.352 e. The Labute approximate surface area is 230 Å². The molecule has 0 aliphatic rings. The average molecular weight is 554 g/mol. The Balaban J connectivity index is 2.04. The third-order valence-electron chi connectivity index (χ3n) is 6.54. The molecule has 1 N–H and O–H groups in total. The molecular formula is C30H36FN3O4S. The van der Waals surface area contributed by atoms with Gasteiger partial charge in [0.25, 0.3) is 10.0 Å².